The van der Waals surface area contributed by atoms with E-state index in [0.29, 0.717) is 13.0 Å². The summed E-state index contributed by atoms with van der Waals surface area (Å²) in [4.78, 5) is 40.7. The zero-order valence-electron chi connectivity index (χ0n) is 18.9. The van der Waals surface area contributed by atoms with E-state index in [4.69, 9.17) is 0 Å². The van der Waals surface area contributed by atoms with Crippen LogP contribution in [-0.4, -0.2) is 82.7 Å². The number of carboxylic acid groups (broad SMARTS) is 1. The lowest BCUT2D eigenvalue weighted by molar-refractivity contribution is -0.141. The van der Waals surface area contributed by atoms with Crippen LogP contribution in [0.1, 0.15) is 48.0 Å². The number of hydrogen-bond acceptors (Lipinski definition) is 5. The van der Waals surface area contributed by atoms with Crippen LogP contribution >= 0.6 is 0 Å². The van der Waals surface area contributed by atoms with Gasteiger partial charge in [0.2, 0.25) is 11.8 Å². The number of amides is 2. The van der Waals surface area contributed by atoms with E-state index in [1.54, 1.807) is 25.1 Å². The molecule has 0 aromatic rings. The summed E-state index contributed by atoms with van der Waals surface area (Å²) < 4.78 is 0. The number of carbonyl (C=O) groups is 3. The molecule has 0 bridgehead atoms. The Labute approximate surface area is 173 Å². The molecule has 0 aromatic heterocycles. The Bertz CT molecular complexity index is 653. The molecule has 1 fully saturated rings. The average molecular weight is 412 g/mol. The smallest absolute Gasteiger partial charge is 0.331 e. The summed E-state index contributed by atoms with van der Waals surface area (Å²) in [6.45, 7) is 11.4. The van der Waals surface area contributed by atoms with Gasteiger partial charge < -0.3 is 20.4 Å². The van der Waals surface area contributed by atoms with Gasteiger partial charge in [0.05, 0.1) is 18.2 Å². The van der Waals surface area contributed by atoms with Crippen molar-refractivity contribution in [3.05, 3.63) is 11.6 Å². The van der Waals surface area contributed by atoms with E-state index in [0.717, 1.165) is 0 Å². The molecule has 1 rings (SSSR count). The normalized spacial score (nSPS) is 23.0. The maximum atomic E-state index is 13.4. The van der Waals surface area contributed by atoms with Crippen molar-refractivity contribution in [2.45, 2.75) is 72.2 Å². The maximum absolute atomic E-state index is 13.4. The topological polar surface area (TPSA) is 110 Å². The SMILES string of the molecule is CC(=C[C@H](C(C)C)N(C)C(=O)[C@@H](NC(=O)C1C[C@@H](O)CN1C)C(C)(C)C)C(=O)O. The van der Waals surface area contributed by atoms with Crippen LogP contribution in [0.2, 0.25) is 0 Å². The number of aliphatic carboxylic acids is 1. The molecule has 0 spiro atoms. The molecule has 1 aliphatic heterocycles. The lowest BCUT2D eigenvalue weighted by Crippen LogP contribution is -2.58. The molecule has 8 nitrogen and oxygen atoms in total. The van der Waals surface area contributed by atoms with Crippen molar-refractivity contribution in [1.29, 1.82) is 0 Å². The van der Waals surface area contributed by atoms with E-state index in [9.17, 15) is 24.6 Å². The molecule has 0 aliphatic carbocycles. The van der Waals surface area contributed by atoms with Crippen LogP contribution in [-0.2, 0) is 14.4 Å². The second-order valence-electron chi connectivity index (χ2n) is 9.49. The van der Waals surface area contributed by atoms with Crippen LogP contribution in [0.5, 0.6) is 0 Å². The van der Waals surface area contributed by atoms with E-state index in [1.165, 1.54) is 11.8 Å². The van der Waals surface area contributed by atoms with Crippen molar-refractivity contribution in [3.8, 4) is 0 Å². The third kappa shape index (κ3) is 6.54. The first-order chi connectivity index (χ1) is 13.2. The highest BCUT2D eigenvalue weighted by molar-refractivity contribution is 5.91. The summed E-state index contributed by atoms with van der Waals surface area (Å²) in [7, 11) is 3.41. The van der Waals surface area contributed by atoms with Crippen LogP contribution in [0.3, 0.4) is 0 Å². The predicted octanol–water partition coefficient (Wildman–Crippen LogP) is 1.10. The molecule has 0 aromatic carbocycles. The molecule has 1 saturated heterocycles. The number of carboxylic acids is 1. The Hall–Kier alpha value is -1.93. The minimum Gasteiger partial charge on any atom is -0.478 e. The quantitative estimate of drug-likeness (QED) is 0.541. The first-order valence-electron chi connectivity index (χ1n) is 10.0. The molecule has 166 valence electrons. The second-order valence-corrected chi connectivity index (χ2v) is 9.49. The third-order valence-corrected chi connectivity index (χ3v) is 5.46. The molecule has 2 amide bonds. The minimum absolute atomic E-state index is 0.00863. The van der Waals surface area contributed by atoms with Gasteiger partial charge in [0.15, 0.2) is 0 Å². The molecule has 1 aliphatic rings. The van der Waals surface area contributed by atoms with Crippen LogP contribution in [0.15, 0.2) is 11.6 Å². The molecule has 1 unspecified atom stereocenters. The monoisotopic (exact) mass is 411 g/mol. The summed E-state index contributed by atoms with van der Waals surface area (Å²) in [5.41, 5.74) is -0.384. The van der Waals surface area contributed by atoms with Gasteiger partial charge in [-0.2, -0.15) is 0 Å². The average Bonchev–Trinajstić information content (AvgIpc) is 2.92. The number of aliphatic hydroxyl groups is 1. The molecular weight excluding hydrogens is 374 g/mol. The van der Waals surface area contributed by atoms with Gasteiger partial charge in [-0.25, -0.2) is 4.79 Å². The Morgan fingerprint density at radius 2 is 1.79 bits per heavy atom. The number of carbonyl (C=O) groups excluding carboxylic acids is 2. The Kier molecular flexibility index (Phi) is 8.41. The molecule has 0 saturated carbocycles. The largest absolute Gasteiger partial charge is 0.478 e. The summed E-state index contributed by atoms with van der Waals surface area (Å²) in [6.07, 6.45) is 1.35. The number of likely N-dealkylation sites (N-methyl/N-ethyl adjacent to an activating group) is 2. The summed E-state index contributed by atoms with van der Waals surface area (Å²) >= 11 is 0. The summed E-state index contributed by atoms with van der Waals surface area (Å²) in [5.74, 6) is -1.60. The highest BCUT2D eigenvalue weighted by Gasteiger charge is 2.40. The fraction of sp³-hybridized carbons (Fsp3) is 0.762. The van der Waals surface area contributed by atoms with Crippen molar-refractivity contribution in [2.75, 3.05) is 20.6 Å². The van der Waals surface area contributed by atoms with Crippen LogP contribution < -0.4 is 5.32 Å². The number of nitrogens with one attached hydrogen (secondary N) is 1. The number of nitrogens with zero attached hydrogens (tertiary/aromatic N) is 2. The molecule has 4 atom stereocenters. The number of aliphatic hydroxyl groups excluding tert-OH is 1. The van der Waals surface area contributed by atoms with Gasteiger partial charge in [0, 0.05) is 19.2 Å². The van der Waals surface area contributed by atoms with Crippen molar-refractivity contribution in [2.24, 2.45) is 11.3 Å². The highest BCUT2D eigenvalue weighted by Crippen LogP contribution is 2.25. The van der Waals surface area contributed by atoms with Gasteiger partial charge in [-0.05, 0) is 31.7 Å². The van der Waals surface area contributed by atoms with Crippen LogP contribution in [0.4, 0.5) is 0 Å². The van der Waals surface area contributed by atoms with Crippen molar-refractivity contribution >= 4 is 17.8 Å². The highest BCUT2D eigenvalue weighted by atomic mass is 16.4. The van der Waals surface area contributed by atoms with Crippen LogP contribution in [0.25, 0.3) is 0 Å². The Balaban J connectivity index is 3.10. The van der Waals surface area contributed by atoms with Gasteiger partial charge in [-0.15, -0.1) is 0 Å². The standard InChI is InChI=1S/C21H37N3O5/c1-12(2)15(9-13(3)20(28)29)24(8)19(27)17(21(4,5)6)22-18(26)16-10-14(25)11-23(16)7/h9,12,14-17,25H,10-11H2,1-8H3,(H,22,26)(H,28,29)/t14-,15-,16?,17-/m1/s1. The van der Waals surface area contributed by atoms with Gasteiger partial charge in [0.25, 0.3) is 0 Å². The van der Waals surface area contributed by atoms with E-state index in [1.807, 2.05) is 34.6 Å². The maximum Gasteiger partial charge on any atom is 0.331 e. The number of rotatable bonds is 7. The van der Waals surface area contributed by atoms with Gasteiger partial charge in [-0.3, -0.25) is 14.5 Å². The molecule has 29 heavy (non-hydrogen) atoms. The minimum atomic E-state index is -1.03. The summed E-state index contributed by atoms with van der Waals surface area (Å²) in [5, 5.41) is 21.9. The molecule has 3 N–H and O–H groups in total. The number of hydrogen-bond donors (Lipinski definition) is 3. The fourth-order valence-corrected chi connectivity index (χ4v) is 3.60. The zero-order chi connectivity index (χ0) is 22.7. The lowest BCUT2D eigenvalue weighted by atomic mass is 9.85. The van der Waals surface area contributed by atoms with Crippen molar-refractivity contribution < 1.29 is 24.6 Å². The molecule has 8 heteroatoms. The third-order valence-electron chi connectivity index (χ3n) is 5.46. The Morgan fingerprint density at radius 3 is 2.17 bits per heavy atom. The van der Waals surface area contributed by atoms with Crippen LogP contribution in [0, 0.1) is 11.3 Å². The predicted molar refractivity (Wildman–Crippen MR) is 111 cm³/mol. The van der Waals surface area contributed by atoms with Gasteiger partial charge in [-0.1, -0.05) is 40.7 Å². The number of likely N-dealkylation sites (tertiary alicyclic amines) is 1. The molecular formula is C21H37N3O5. The van der Waals surface area contributed by atoms with E-state index in [2.05, 4.69) is 5.32 Å². The zero-order valence-corrected chi connectivity index (χ0v) is 18.9. The van der Waals surface area contributed by atoms with E-state index in [-0.39, 0.29) is 23.3 Å². The van der Waals surface area contributed by atoms with Gasteiger partial charge >= 0.3 is 5.97 Å². The van der Waals surface area contributed by atoms with Crippen molar-refractivity contribution in [3.63, 3.8) is 0 Å². The Morgan fingerprint density at radius 1 is 1.24 bits per heavy atom. The molecule has 1 heterocycles. The van der Waals surface area contributed by atoms with Crippen molar-refractivity contribution in [1.82, 2.24) is 15.1 Å². The first-order valence-corrected chi connectivity index (χ1v) is 10.0. The van der Waals surface area contributed by atoms with E-state index >= 15 is 0 Å². The fourth-order valence-electron chi connectivity index (χ4n) is 3.60. The molecule has 0 radical (unpaired) electrons. The van der Waals surface area contributed by atoms with E-state index < -0.39 is 35.6 Å². The first kappa shape index (κ1) is 25.1. The number of β-amino-alcohol motifs (C(OH)–C–C–N with tert-alkyl or cyclic N) is 1. The second kappa shape index (κ2) is 9.71. The lowest BCUT2D eigenvalue weighted by Gasteiger charge is -2.38. The summed E-state index contributed by atoms with van der Waals surface area (Å²) in [6, 6.07) is -1.69. The van der Waals surface area contributed by atoms with Gasteiger partial charge in [0.1, 0.15) is 6.04 Å².